The molecule has 2 aliphatic rings. The summed E-state index contributed by atoms with van der Waals surface area (Å²) in [4.78, 5) is 26.8. The average molecular weight is 357 g/mol. The summed E-state index contributed by atoms with van der Waals surface area (Å²) in [5.41, 5.74) is 0.372. The lowest BCUT2D eigenvalue weighted by molar-refractivity contribution is -0.114. The van der Waals surface area contributed by atoms with Gasteiger partial charge in [0.25, 0.3) is 5.91 Å². The number of aromatic nitrogens is 3. The normalized spacial score (nSPS) is 25.6. The van der Waals surface area contributed by atoms with E-state index in [-0.39, 0.29) is 17.6 Å². The minimum atomic E-state index is -0.258. The second-order valence-electron chi connectivity index (χ2n) is 7.01. The van der Waals surface area contributed by atoms with Crippen molar-refractivity contribution in [3.05, 3.63) is 36.3 Å². The van der Waals surface area contributed by atoms with Crippen molar-refractivity contribution in [1.29, 1.82) is 0 Å². The largest absolute Gasteiger partial charge is 0.438 e. The molecule has 2 aromatic heterocycles. The van der Waals surface area contributed by atoms with Gasteiger partial charge in [-0.05, 0) is 38.7 Å². The van der Waals surface area contributed by atoms with Crippen LogP contribution in [0.1, 0.15) is 41.9 Å². The summed E-state index contributed by atoms with van der Waals surface area (Å²) in [6, 6.07) is 1.79. The quantitative estimate of drug-likeness (QED) is 0.895. The average Bonchev–Trinajstić information content (AvgIpc) is 3.27. The van der Waals surface area contributed by atoms with E-state index < -0.39 is 0 Å². The van der Waals surface area contributed by atoms with Crippen LogP contribution in [0.2, 0.25) is 0 Å². The van der Waals surface area contributed by atoms with E-state index >= 15 is 0 Å². The fraction of sp³-hybridized carbons (Fsp3) is 0.556. The summed E-state index contributed by atoms with van der Waals surface area (Å²) >= 11 is 0. The Bertz CT molecular complexity index is 765. The Hall–Kier alpha value is -2.48. The SMILES string of the molecule is Cc1ncoc1C(=O)N1CC[C@]2(CCC[C@H](CNc3ncccn3)O2)C1. The molecule has 2 fully saturated rings. The highest BCUT2D eigenvalue weighted by Gasteiger charge is 2.45. The van der Waals surface area contributed by atoms with Gasteiger partial charge in [0.05, 0.1) is 23.9 Å². The zero-order valence-corrected chi connectivity index (χ0v) is 14.9. The third kappa shape index (κ3) is 3.41. The Morgan fingerprint density at radius 3 is 2.96 bits per heavy atom. The molecule has 4 rings (SSSR count). The number of carbonyl (C=O) groups is 1. The van der Waals surface area contributed by atoms with Crippen LogP contribution >= 0.6 is 0 Å². The van der Waals surface area contributed by atoms with Gasteiger partial charge >= 0.3 is 0 Å². The monoisotopic (exact) mass is 357 g/mol. The standard InChI is InChI=1S/C18H23N5O3/c1-13-15(25-12-22-13)16(24)23-9-6-18(11-23)5-2-4-14(26-18)10-21-17-19-7-3-8-20-17/h3,7-8,12,14H,2,4-6,9-11H2,1H3,(H,19,20,21)/t14-,18-/m1/s1. The van der Waals surface area contributed by atoms with Crippen molar-refractivity contribution < 1.29 is 13.9 Å². The molecule has 0 saturated carbocycles. The van der Waals surface area contributed by atoms with Crippen molar-refractivity contribution in [2.45, 2.75) is 44.3 Å². The number of amides is 1. The summed E-state index contributed by atoms with van der Waals surface area (Å²) in [5.74, 6) is 0.843. The maximum absolute atomic E-state index is 12.7. The molecular formula is C18H23N5O3. The second-order valence-corrected chi connectivity index (χ2v) is 7.01. The number of hydrogen-bond donors (Lipinski definition) is 1. The van der Waals surface area contributed by atoms with E-state index in [2.05, 4.69) is 20.3 Å². The maximum Gasteiger partial charge on any atom is 0.291 e. The van der Waals surface area contributed by atoms with E-state index in [9.17, 15) is 4.79 Å². The van der Waals surface area contributed by atoms with Gasteiger partial charge < -0.3 is 19.4 Å². The van der Waals surface area contributed by atoms with Gasteiger partial charge in [0, 0.05) is 25.5 Å². The van der Waals surface area contributed by atoms with Crippen LogP contribution in [0.5, 0.6) is 0 Å². The molecule has 2 saturated heterocycles. The molecule has 0 aliphatic carbocycles. The van der Waals surface area contributed by atoms with Crippen molar-refractivity contribution in [1.82, 2.24) is 19.9 Å². The Morgan fingerprint density at radius 1 is 1.35 bits per heavy atom. The van der Waals surface area contributed by atoms with Gasteiger partial charge in [-0.15, -0.1) is 0 Å². The van der Waals surface area contributed by atoms with E-state index in [4.69, 9.17) is 9.15 Å². The molecule has 0 aromatic carbocycles. The maximum atomic E-state index is 12.7. The van der Waals surface area contributed by atoms with Gasteiger partial charge in [-0.2, -0.15) is 0 Å². The minimum Gasteiger partial charge on any atom is -0.438 e. The molecule has 0 unspecified atom stereocenters. The number of carbonyl (C=O) groups excluding carboxylic acids is 1. The minimum absolute atomic E-state index is 0.0922. The fourth-order valence-electron chi connectivity index (χ4n) is 3.83. The van der Waals surface area contributed by atoms with Crippen molar-refractivity contribution in [2.75, 3.05) is 25.0 Å². The molecule has 1 N–H and O–H groups in total. The van der Waals surface area contributed by atoms with Crippen LogP contribution in [0.25, 0.3) is 0 Å². The van der Waals surface area contributed by atoms with Crippen LogP contribution in [0.3, 0.4) is 0 Å². The fourth-order valence-corrected chi connectivity index (χ4v) is 3.83. The summed E-state index contributed by atoms with van der Waals surface area (Å²) in [7, 11) is 0. The zero-order valence-electron chi connectivity index (χ0n) is 14.9. The topological polar surface area (TPSA) is 93.4 Å². The van der Waals surface area contributed by atoms with E-state index in [0.29, 0.717) is 37.0 Å². The third-order valence-electron chi connectivity index (χ3n) is 5.17. The van der Waals surface area contributed by atoms with Crippen LogP contribution in [0, 0.1) is 6.92 Å². The predicted octanol–water partition coefficient (Wildman–Crippen LogP) is 2.04. The summed E-state index contributed by atoms with van der Waals surface area (Å²) in [6.45, 7) is 3.74. The number of anilines is 1. The van der Waals surface area contributed by atoms with Gasteiger partial charge in [0.1, 0.15) is 0 Å². The van der Waals surface area contributed by atoms with E-state index in [1.165, 1.54) is 6.39 Å². The molecule has 1 amide bonds. The summed E-state index contributed by atoms with van der Waals surface area (Å²) in [5, 5.41) is 3.23. The third-order valence-corrected chi connectivity index (χ3v) is 5.17. The lowest BCUT2D eigenvalue weighted by Gasteiger charge is -2.38. The molecule has 138 valence electrons. The first-order valence-electron chi connectivity index (χ1n) is 9.03. The number of rotatable bonds is 4. The van der Waals surface area contributed by atoms with Gasteiger partial charge in [-0.1, -0.05) is 0 Å². The first-order valence-corrected chi connectivity index (χ1v) is 9.03. The number of hydrogen-bond acceptors (Lipinski definition) is 7. The summed E-state index contributed by atoms with van der Waals surface area (Å²) in [6.07, 6.45) is 8.75. The molecule has 2 atom stereocenters. The molecule has 0 bridgehead atoms. The van der Waals surface area contributed by atoms with Crippen LogP contribution in [0.15, 0.2) is 29.3 Å². The zero-order chi connectivity index (χ0) is 18.0. The number of nitrogens with one attached hydrogen (secondary N) is 1. The first kappa shape index (κ1) is 17.0. The lowest BCUT2D eigenvalue weighted by atomic mass is 9.90. The molecule has 2 aromatic rings. The Kier molecular flexibility index (Phi) is 4.58. The van der Waals surface area contributed by atoms with Gasteiger partial charge in [-0.3, -0.25) is 4.79 Å². The van der Waals surface area contributed by atoms with Crippen molar-refractivity contribution in [3.8, 4) is 0 Å². The van der Waals surface area contributed by atoms with Gasteiger partial charge in [-0.25, -0.2) is 15.0 Å². The van der Waals surface area contributed by atoms with Gasteiger partial charge in [0.2, 0.25) is 11.7 Å². The van der Waals surface area contributed by atoms with Crippen LogP contribution in [-0.2, 0) is 4.74 Å². The van der Waals surface area contributed by atoms with E-state index in [1.807, 2.05) is 4.90 Å². The first-order chi connectivity index (χ1) is 12.7. The smallest absolute Gasteiger partial charge is 0.291 e. The predicted molar refractivity (Wildman–Crippen MR) is 93.7 cm³/mol. The molecule has 0 radical (unpaired) electrons. The number of oxazole rings is 1. The Labute approximate surface area is 152 Å². The molecule has 1 spiro atoms. The number of aryl methyl sites for hydroxylation is 1. The summed E-state index contributed by atoms with van der Waals surface area (Å²) < 4.78 is 11.7. The van der Waals surface area contributed by atoms with Crippen molar-refractivity contribution in [3.63, 3.8) is 0 Å². The number of nitrogens with zero attached hydrogens (tertiary/aromatic N) is 4. The molecular weight excluding hydrogens is 334 g/mol. The second kappa shape index (κ2) is 7.03. The highest BCUT2D eigenvalue weighted by molar-refractivity contribution is 5.92. The van der Waals surface area contributed by atoms with E-state index in [1.54, 1.807) is 25.4 Å². The van der Waals surface area contributed by atoms with E-state index in [0.717, 1.165) is 25.7 Å². The Morgan fingerprint density at radius 2 is 2.19 bits per heavy atom. The molecule has 8 nitrogen and oxygen atoms in total. The van der Waals surface area contributed by atoms with Crippen molar-refractivity contribution >= 4 is 11.9 Å². The van der Waals surface area contributed by atoms with Gasteiger partial charge in [0.15, 0.2) is 6.39 Å². The Balaban J connectivity index is 1.36. The number of ether oxygens (including phenoxy) is 1. The highest BCUT2D eigenvalue weighted by Crippen LogP contribution is 2.37. The van der Waals surface area contributed by atoms with Crippen LogP contribution in [0.4, 0.5) is 5.95 Å². The lowest BCUT2D eigenvalue weighted by Crippen LogP contribution is -2.45. The molecule has 2 aliphatic heterocycles. The van der Waals surface area contributed by atoms with Crippen LogP contribution in [-0.4, -0.2) is 57.1 Å². The molecule has 4 heterocycles. The molecule has 26 heavy (non-hydrogen) atoms. The molecule has 8 heteroatoms. The highest BCUT2D eigenvalue weighted by atomic mass is 16.5. The van der Waals surface area contributed by atoms with Crippen molar-refractivity contribution in [2.24, 2.45) is 0 Å². The van der Waals surface area contributed by atoms with Crippen LogP contribution < -0.4 is 5.32 Å². The number of likely N-dealkylation sites (tertiary alicyclic amines) is 1.